The monoisotopic (exact) mass is 341 g/mol. The molecule has 1 atom stereocenters. The van der Waals surface area contributed by atoms with E-state index in [1.807, 2.05) is 29.9 Å². The zero-order valence-electron chi connectivity index (χ0n) is 15.1. The Bertz CT molecular complexity index is 683. The second-order valence-electron chi connectivity index (χ2n) is 7.13. The zero-order chi connectivity index (χ0) is 17.8. The number of hydrogen-bond donors (Lipinski definition) is 1. The quantitative estimate of drug-likeness (QED) is 0.876. The van der Waals surface area contributed by atoms with Gasteiger partial charge in [0.1, 0.15) is 0 Å². The summed E-state index contributed by atoms with van der Waals surface area (Å²) in [6.07, 6.45) is 2.30. The molecule has 2 heterocycles. The molecule has 1 aromatic carbocycles. The topological polar surface area (TPSA) is 58.4 Å². The SMILES string of the molecule is Cc1cc(CN2CCC(C(CC(=O)O)c3ccccc3)CC2)nn1C. The molecular weight excluding hydrogens is 314 g/mol. The van der Waals surface area contributed by atoms with Gasteiger partial charge >= 0.3 is 5.97 Å². The molecule has 0 saturated carbocycles. The van der Waals surface area contributed by atoms with Gasteiger partial charge in [-0.1, -0.05) is 30.3 Å². The van der Waals surface area contributed by atoms with E-state index >= 15 is 0 Å². The molecule has 134 valence electrons. The van der Waals surface area contributed by atoms with Crippen molar-refractivity contribution in [3.8, 4) is 0 Å². The van der Waals surface area contributed by atoms with Crippen LogP contribution in [0.4, 0.5) is 0 Å². The van der Waals surface area contributed by atoms with E-state index in [9.17, 15) is 9.90 Å². The van der Waals surface area contributed by atoms with Crippen molar-refractivity contribution < 1.29 is 9.90 Å². The number of aryl methyl sites for hydroxylation is 2. The van der Waals surface area contributed by atoms with Gasteiger partial charge in [0.15, 0.2) is 0 Å². The third-order valence-corrected chi connectivity index (χ3v) is 5.37. The van der Waals surface area contributed by atoms with E-state index in [1.54, 1.807) is 0 Å². The number of likely N-dealkylation sites (tertiary alicyclic amines) is 1. The van der Waals surface area contributed by atoms with Crippen LogP contribution in [0.1, 0.15) is 42.1 Å². The number of aromatic nitrogens is 2. The second-order valence-corrected chi connectivity index (χ2v) is 7.13. The lowest BCUT2D eigenvalue weighted by Gasteiger charge is -2.35. The van der Waals surface area contributed by atoms with Crippen molar-refractivity contribution in [2.45, 2.75) is 38.6 Å². The number of nitrogens with zero attached hydrogens (tertiary/aromatic N) is 3. The standard InChI is InChI=1S/C20H27N3O2/c1-15-12-18(21-22(15)2)14-23-10-8-17(9-11-23)19(13-20(24)25)16-6-4-3-5-7-16/h3-7,12,17,19H,8-11,13-14H2,1-2H3,(H,24,25). The average Bonchev–Trinajstić information content (AvgIpc) is 2.92. The van der Waals surface area contributed by atoms with Crippen molar-refractivity contribution in [1.82, 2.24) is 14.7 Å². The Morgan fingerprint density at radius 2 is 1.96 bits per heavy atom. The van der Waals surface area contributed by atoms with Crippen LogP contribution in [0.3, 0.4) is 0 Å². The van der Waals surface area contributed by atoms with Gasteiger partial charge < -0.3 is 5.11 Å². The summed E-state index contributed by atoms with van der Waals surface area (Å²) in [5.74, 6) is -0.168. The normalized spacial score (nSPS) is 17.5. The molecule has 0 spiro atoms. The molecular formula is C20H27N3O2. The van der Waals surface area contributed by atoms with Gasteiger partial charge in [-0.25, -0.2) is 0 Å². The first-order valence-corrected chi connectivity index (χ1v) is 9.01. The number of carboxylic acid groups (broad SMARTS) is 1. The Labute approximate surface area is 149 Å². The number of rotatable bonds is 6. The lowest BCUT2D eigenvalue weighted by atomic mass is 9.78. The fraction of sp³-hybridized carbons (Fsp3) is 0.500. The lowest BCUT2D eigenvalue weighted by Crippen LogP contribution is -2.35. The number of hydrogen-bond acceptors (Lipinski definition) is 3. The van der Waals surface area contributed by atoms with Crippen molar-refractivity contribution in [2.24, 2.45) is 13.0 Å². The van der Waals surface area contributed by atoms with Gasteiger partial charge in [0.2, 0.25) is 0 Å². The van der Waals surface area contributed by atoms with E-state index < -0.39 is 5.97 Å². The number of benzene rings is 1. The molecule has 0 bridgehead atoms. The minimum Gasteiger partial charge on any atom is -0.481 e. The maximum absolute atomic E-state index is 11.3. The fourth-order valence-corrected chi connectivity index (χ4v) is 3.90. The average molecular weight is 341 g/mol. The van der Waals surface area contributed by atoms with Crippen LogP contribution in [0, 0.1) is 12.8 Å². The summed E-state index contributed by atoms with van der Waals surface area (Å²) >= 11 is 0. The highest BCUT2D eigenvalue weighted by Crippen LogP contribution is 2.35. The van der Waals surface area contributed by atoms with Crippen LogP contribution in [0.5, 0.6) is 0 Å². The van der Waals surface area contributed by atoms with Crippen LogP contribution >= 0.6 is 0 Å². The Hall–Kier alpha value is -2.14. The van der Waals surface area contributed by atoms with Crippen molar-refractivity contribution in [3.05, 3.63) is 53.3 Å². The maximum atomic E-state index is 11.3. The van der Waals surface area contributed by atoms with Crippen molar-refractivity contribution in [2.75, 3.05) is 13.1 Å². The Morgan fingerprint density at radius 1 is 1.28 bits per heavy atom. The molecule has 0 radical (unpaired) electrons. The molecule has 5 heteroatoms. The highest BCUT2D eigenvalue weighted by atomic mass is 16.4. The molecule has 3 rings (SSSR count). The molecule has 5 nitrogen and oxygen atoms in total. The smallest absolute Gasteiger partial charge is 0.303 e. The minimum atomic E-state index is -0.708. The third kappa shape index (κ3) is 4.48. The molecule has 1 unspecified atom stereocenters. The third-order valence-electron chi connectivity index (χ3n) is 5.37. The summed E-state index contributed by atoms with van der Waals surface area (Å²) in [5, 5.41) is 13.9. The molecule has 25 heavy (non-hydrogen) atoms. The predicted octanol–water partition coefficient (Wildman–Crippen LogP) is 3.20. The number of carbonyl (C=O) groups is 1. The molecule has 0 aliphatic carbocycles. The number of aliphatic carboxylic acids is 1. The molecule has 2 aromatic rings. The van der Waals surface area contributed by atoms with Crippen LogP contribution in [-0.2, 0) is 18.4 Å². The summed E-state index contributed by atoms with van der Waals surface area (Å²) in [7, 11) is 1.97. The van der Waals surface area contributed by atoms with Gasteiger partial charge in [-0.3, -0.25) is 14.4 Å². The van der Waals surface area contributed by atoms with Crippen LogP contribution in [0.2, 0.25) is 0 Å². The highest BCUT2D eigenvalue weighted by Gasteiger charge is 2.29. The van der Waals surface area contributed by atoms with E-state index in [2.05, 4.69) is 35.1 Å². The minimum absolute atomic E-state index is 0.109. The largest absolute Gasteiger partial charge is 0.481 e. The van der Waals surface area contributed by atoms with Gasteiger partial charge in [-0.2, -0.15) is 5.10 Å². The Balaban J connectivity index is 1.62. The Kier molecular flexibility index (Phi) is 5.53. The van der Waals surface area contributed by atoms with Crippen molar-refractivity contribution >= 4 is 5.97 Å². The van der Waals surface area contributed by atoms with E-state index in [-0.39, 0.29) is 12.3 Å². The zero-order valence-corrected chi connectivity index (χ0v) is 15.1. The van der Waals surface area contributed by atoms with Crippen LogP contribution in [0.25, 0.3) is 0 Å². The van der Waals surface area contributed by atoms with Crippen molar-refractivity contribution in [3.63, 3.8) is 0 Å². The summed E-state index contributed by atoms with van der Waals surface area (Å²) < 4.78 is 1.92. The van der Waals surface area contributed by atoms with Crippen molar-refractivity contribution in [1.29, 1.82) is 0 Å². The van der Waals surface area contributed by atoms with Gasteiger partial charge in [0.25, 0.3) is 0 Å². The van der Waals surface area contributed by atoms with Crippen LogP contribution in [0.15, 0.2) is 36.4 Å². The molecule has 0 amide bonds. The van der Waals surface area contributed by atoms with Gasteiger partial charge in [0.05, 0.1) is 12.1 Å². The summed E-state index contributed by atoms with van der Waals surface area (Å²) in [4.78, 5) is 13.8. The first-order chi connectivity index (χ1) is 12.0. The summed E-state index contributed by atoms with van der Waals surface area (Å²) in [6, 6.07) is 12.3. The first kappa shape index (κ1) is 17.7. The second kappa shape index (κ2) is 7.83. The fourth-order valence-electron chi connectivity index (χ4n) is 3.90. The summed E-state index contributed by atoms with van der Waals surface area (Å²) in [5.41, 5.74) is 3.45. The number of carboxylic acids is 1. The maximum Gasteiger partial charge on any atom is 0.303 e. The Morgan fingerprint density at radius 3 is 2.52 bits per heavy atom. The first-order valence-electron chi connectivity index (χ1n) is 9.01. The lowest BCUT2D eigenvalue weighted by molar-refractivity contribution is -0.137. The van der Waals surface area contributed by atoms with E-state index in [1.165, 1.54) is 5.69 Å². The highest BCUT2D eigenvalue weighted by molar-refractivity contribution is 5.68. The summed E-state index contributed by atoms with van der Waals surface area (Å²) in [6.45, 7) is 4.95. The van der Waals surface area contributed by atoms with E-state index in [0.717, 1.165) is 43.7 Å². The van der Waals surface area contributed by atoms with Gasteiger partial charge in [-0.05, 0) is 56.3 Å². The molecule has 1 N–H and O–H groups in total. The van der Waals surface area contributed by atoms with Crippen LogP contribution < -0.4 is 0 Å². The number of piperidine rings is 1. The molecule has 1 aliphatic rings. The van der Waals surface area contributed by atoms with E-state index in [0.29, 0.717) is 5.92 Å². The van der Waals surface area contributed by atoms with Gasteiger partial charge in [-0.15, -0.1) is 0 Å². The molecule has 1 saturated heterocycles. The molecule has 1 aliphatic heterocycles. The molecule has 1 aromatic heterocycles. The molecule has 1 fully saturated rings. The van der Waals surface area contributed by atoms with E-state index in [4.69, 9.17) is 0 Å². The predicted molar refractivity (Wildman–Crippen MR) is 97.4 cm³/mol. The van der Waals surface area contributed by atoms with Gasteiger partial charge in [0, 0.05) is 19.3 Å². The van der Waals surface area contributed by atoms with Crippen LogP contribution in [-0.4, -0.2) is 38.8 Å².